The lowest BCUT2D eigenvalue weighted by molar-refractivity contribution is 0.618. The maximum absolute atomic E-state index is 13.0. The lowest BCUT2D eigenvalue weighted by Gasteiger charge is -2.06. The number of hydrogen-bond donors (Lipinski definition) is 2. The molecule has 118 valence electrons. The summed E-state index contributed by atoms with van der Waals surface area (Å²) in [6.07, 6.45) is 0. The molecule has 0 amide bonds. The zero-order valence-electron chi connectivity index (χ0n) is 12.8. The number of nitrogens with two attached hydrogens (primary N) is 2. The van der Waals surface area contributed by atoms with Crippen molar-refractivity contribution in [3.05, 3.63) is 63.6 Å². The predicted octanol–water partition coefficient (Wildman–Crippen LogP) is 5.23. The highest BCUT2D eigenvalue weighted by atomic mass is 79.9. The van der Waals surface area contributed by atoms with Crippen molar-refractivity contribution in [3.63, 3.8) is 0 Å². The number of aryl methyl sites for hydroxylation is 2. The average Bonchev–Trinajstić information content (AvgIpc) is 2.41. The fraction of sp³-hybridized carbons (Fsp3) is 0.176. The van der Waals surface area contributed by atoms with Crippen LogP contribution in [0.4, 0.5) is 20.2 Å². The molecule has 22 heavy (non-hydrogen) atoms. The monoisotopic (exact) mass is 368 g/mol. The Morgan fingerprint density at radius 2 is 1.41 bits per heavy atom. The Kier molecular flexibility index (Phi) is 6.11. The molecular weight excluding hydrogens is 350 g/mol. The maximum Gasteiger partial charge on any atom is 0.127 e. The smallest absolute Gasteiger partial charge is 0.127 e. The van der Waals surface area contributed by atoms with Crippen LogP contribution >= 0.6 is 15.9 Å². The number of anilines is 2. The summed E-state index contributed by atoms with van der Waals surface area (Å²) in [5.74, 6) is -0.469. The van der Waals surface area contributed by atoms with E-state index in [1.165, 1.54) is 12.1 Å². The van der Waals surface area contributed by atoms with Crippen LogP contribution in [0.1, 0.15) is 23.6 Å². The first-order chi connectivity index (χ1) is 10.1. The molecule has 2 rings (SSSR count). The summed E-state index contributed by atoms with van der Waals surface area (Å²) in [5, 5.41) is 0. The Balaban J connectivity index is 0.000000224. The van der Waals surface area contributed by atoms with Crippen LogP contribution < -0.4 is 11.5 Å². The largest absolute Gasteiger partial charge is 0.398 e. The van der Waals surface area contributed by atoms with E-state index in [0.717, 1.165) is 5.57 Å². The van der Waals surface area contributed by atoms with Gasteiger partial charge in [-0.3, -0.25) is 0 Å². The first-order valence-electron chi connectivity index (χ1n) is 6.56. The molecule has 0 aliphatic heterocycles. The number of hydrogen-bond acceptors (Lipinski definition) is 2. The van der Waals surface area contributed by atoms with Crippen molar-refractivity contribution >= 4 is 32.9 Å². The van der Waals surface area contributed by atoms with Crippen molar-refractivity contribution in [2.24, 2.45) is 0 Å². The number of halogens is 3. The highest BCUT2D eigenvalue weighted by molar-refractivity contribution is 9.10. The summed E-state index contributed by atoms with van der Waals surface area (Å²) in [4.78, 5) is 0. The van der Waals surface area contributed by atoms with Gasteiger partial charge in [0.25, 0.3) is 0 Å². The van der Waals surface area contributed by atoms with Crippen LogP contribution in [-0.4, -0.2) is 0 Å². The molecule has 0 spiro atoms. The molecule has 0 aliphatic carbocycles. The van der Waals surface area contributed by atoms with Gasteiger partial charge in [0.2, 0.25) is 0 Å². The standard InChI is InChI=1S/C10H12FN.C7H7BrFN/c1-6(2)8-5-9(11)7(3)4-10(8)12;1-4-2-7(10)5(8)3-6(4)9/h4-5H,1,12H2,2-3H3;2-3H,10H2,1H3. The van der Waals surface area contributed by atoms with Crippen LogP contribution in [0.25, 0.3) is 5.57 Å². The van der Waals surface area contributed by atoms with Gasteiger partial charge in [-0.2, -0.15) is 0 Å². The first kappa shape index (κ1) is 18.2. The zero-order chi connectivity index (χ0) is 17.0. The summed E-state index contributed by atoms with van der Waals surface area (Å²) < 4.78 is 26.3. The van der Waals surface area contributed by atoms with Crippen LogP contribution in [0.5, 0.6) is 0 Å². The molecule has 0 bridgehead atoms. The Morgan fingerprint density at radius 1 is 0.955 bits per heavy atom. The summed E-state index contributed by atoms with van der Waals surface area (Å²) >= 11 is 3.12. The van der Waals surface area contributed by atoms with Gasteiger partial charge in [0.1, 0.15) is 11.6 Å². The third-order valence-corrected chi connectivity index (χ3v) is 3.76. The Labute approximate surface area is 138 Å². The highest BCUT2D eigenvalue weighted by Gasteiger charge is 2.04. The normalized spacial score (nSPS) is 9.91. The van der Waals surface area contributed by atoms with Gasteiger partial charge in [-0.1, -0.05) is 6.58 Å². The second-order valence-electron chi connectivity index (χ2n) is 5.09. The molecule has 2 nitrogen and oxygen atoms in total. The topological polar surface area (TPSA) is 52.0 Å². The zero-order valence-corrected chi connectivity index (χ0v) is 14.4. The predicted molar refractivity (Wildman–Crippen MR) is 93.5 cm³/mol. The van der Waals surface area contributed by atoms with Crippen LogP contribution in [0.2, 0.25) is 0 Å². The van der Waals surface area contributed by atoms with Gasteiger partial charge >= 0.3 is 0 Å². The van der Waals surface area contributed by atoms with E-state index in [-0.39, 0.29) is 11.6 Å². The third kappa shape index (κ3) is 4.56. The van der Waals surface area contributed by atoms with Gasteiger partial charge in [-0.25, -0.2) is 8.78 Å². The second-order valence-corrected chi connectivity index (χ2v) is 5.95. The number of nitrogen functional groups attached to an aromatic ring is 2. The average molecular weight is 369 g/mol. The van der Waals surface area contributed by atoms with E-state index >= 15 is 0 Å². The van der Waals surface area contributed by atoms with Crippen LogP contribution in [0.3, 0.4) is 0 Å². The number of allylic oxidation sites excluding steroid dienone is 1. The summed E-state index contributed by atoms with van der Waals surface area (Å²) in [5.41, 5.74) is 14.9. The molecule has 0 radical (unpaired) electrons. The van der Waals surface area contributed by atoms with Crippen molar-refractivity contribution in [1.29, 1.82) is 0 Å². The fourth-order valence-electron chi connectivity index (χ4n) is 1.75. The van der Waals surface area contributed by atoms with Crippen molar-refractivity contribution in [1.82, 2.24) is 0 Å². The molecule has 0 aromatic heterocycles. The second kappa shape index (κ2) is 7.40. The molecule has 0 heterocycles. The van der Waals surface area contributed by atoms with Crippen LogP contribution in [0.15, 0.2) is 35.3 Å². The molecule has 0 atom stereocenters. The quantitative estimate of drug-likeness (QED) is 0.677. The van der Waals surface area contributed by atoms with E-state index in [0.29, 0.717) is 32.5 Å². The summed E-state index contributed by atoms with van der Waals surface area (Å²) in [6, 6.07) is 6.01. The van der Waals surface area contributed by atoms with Gasteiger partial charge in [0, 0.05) is 21.4 Å². The van der Waals surface area contributed by atoms with Gasteiger partial charge in [-0.05, 0) is 77.7 Å². The first-order valence-corrected chi connectivity index (χ1v) is 7.35. The van der Waals surface area contributed by atoms with E-state index < -0.39 is 0 Å². The van der Waals surface area contributed by atoms with E-state index in [1.807, 2.05) is 0 Å². The van der Waals surface area contributed by atoms with Crippen molar-refractivity contribution in [3.8, 4) is 0 Å². The Morgan fingerprint density at radius 3 is 1.86 bits per heavy atom. The minimum atomic E-state index is -0.235. The van der Waals surface area contributed by atoms with Crippen molar-refractivity contribution < 1.29 is 8.78 Å². The maximum atomic E-state index is 13.0. The van der Waals surface area contributed by atoms with Gasteiger partial charge in [0.15, 0.2) is 0 Å². The number of benzene rings is 2. The van der Waals surface area contributed by atoms with E-state index in [9.17, 15) is 8.78 Å². The third-order valence-electron chi connectivity index (χ3n) is 3.07. The minimum Gasteiger partial charge on any atom is -0.398 e. The molecule has 0 saturated heterocycles. The van der Waals surface area contributed by atoms with E-state index in [4.69, 9.17) is 11.5 Å². The van der Waals surface area contributed by atoms with Gasteiger partial charge in [-0.15, -0.1) is 0 Å². The fourth-order valence-corrected chi connectivity index (χ4v) is 2.07. The summed E-state index contributed by atoms with van der Waals surface area (Å²) in [6.45, 7) is 8.88. The van der Waals surface area contributed by atoms with Gasteiger partial charge in [0.05, 0.1) is 0 Å². The van der Waals surface area contributed by atoms with Crippen molar-refractivity contribution in [2.75, 3.05) is 11.5 Å². The molecule has 0 unspecified atom stereocenters. The Bertz CT molecular complexity index is 662. The lowest BCUT2D eigenvalue weighted by atomic mass is 10.0. The Hall–Kier alpha value is -1.88. The number of rotatable bonds is 1. The van der Waals surface area contributed by atoms with Crippen LogP contribution in [-0.2, 0) is 0 Å². The van der Waals surface area contributed by atoms with Crippen LogP contribution in [0, 0.1) is 25.5 Å². The molecular formula is C17H19BrF2N2. The van der Waals surface area contributed by atoms with Crippen molar-refractivity contribution in [2.45, 2.75) is 20.8 Å². The summed E-state index contributed by atoms with van der Waals surface area (Å²) in [7, 11) is 0. The minimum absolute atomic E-state index is 0.234. The van der Waals surface area contributed by atoms with Gasteiger partial charge < -0.3 is 11.5 Å². The SMILES string of the molecule is C=C(C)c1cc(F)c(C)cc1N.Cc1cc(N)c(Br)cc1F. The molecule has 0 saturated carbocycles. The molecule has 4 N–H and O–H groups in total. The highest BCUT2D eigenvalue weighted by Crippen LogP contribution is 2.23. The molecule has 0 aliphatic rings. The van der Waals surface area contributed by atoms with E-state index in [2.05, 4.69) is 22.5 Å². The molecule has 2 aromatic carbocycles. The van der Waals surface area contributed by atoms with E-state index in [1.54, 1.807) is 32.9 Å². The molecule has 5 heteroatoms. The molecule has 2 aromatic rings. The molecule has 0 fully saturated rings. The lowest BCUT2D eigenvalue weighted by Crippen LogP contribution is -1.95.